The van der Waals surface area contributed by atoms with Gasteiger partial charge in [0.25, 0.3) is 5.91 Å². The maximum absolute atomic E-state index is 13.4. The molecule has 0 unspecified atom stereocenters. The number of carbonyl (C=O) groups is 2. The van der Waals surface area contributed by atoms with Crippen LogP contribution in [0, 0.1) is 6.92 Å². The van der Waals surface area contributed by atoms with E-state index in [2.05, 4.69) is 23.9 Å². The monoisotopic (exact) mass is 431 g/mol. The first-order chi connectivity index (χ1) is 15.4. The molecule has 166 valence electrons. The lowest BCUT2D eigenvalue weighted by atomic mass is 10.0. The van der Waals surface area contributed by atoms with Gasteiger partial charge in [-0.25, -0.2) is 4.68 Å². The minimum Gasteiger partial charge on any atom is -0.339 e. The molecule has 1 aliphatic heterocycles. The van der Waals surface area contributed by atoms with Gasteiger partial charge < -0.3 is 9.80 Å². The lowest BCUT2D eigenvalue weighted by Gasteiger charge is -2.35. The third-order valence-electron chi connectivity index (χ3n) is 5.84. The molecule has 0 saturated carbocycles. The minimum atomic E-state index is -0.0242. The van der Waals surface area contributed by atoms with E-state index >= 15 is 0 Å². The Hall–Kier alpha value is -3.48. The molecule has 1 aliphatic rings. The molecule has 0 bridgehead atoms. The molecule has 3 aromatic rings. The average Bonchev–Trinajstić information content (AvgIpc) is 3.25. The van der Waals surface area contributed by atoms with Crippen LogP contribution in [0.5, 0.6) is 0 Å². The van der Waals surface area contributed by atoms with Crippen LogP contribution >= 0.6 is 0 Å². The first-order valence-corrected chi connectivity index (χ1v) is 11.1. The summed E-state index contributed by atoms with van der Waals surface area (Å²) in [4.78, 5) is 33.8. The second kappa shape index (κ2) is 9.34. The van der Waals surface area contributed by atoms with E-state index in [0.29, 0.717) is 31.7 Å². The second-order valence-electron chi connectivity index (χ2n) is 8.52. The number of benzene rings is 1. The number of aromatic nitrogens is 3. The Morgan fingerprint density at radius 2 is 1.66 bits per heavy atom. The van der Waals surface area contributed by atoms with Gasteiger partial charge >= 0.3 is 0 Å². The molecule has 0 spiro atoms. The van der Waals surface area contributed by atoms with Crippen molar-refractivity contribution in [2.75, 3.05) is 26.2 Å². The number of hydrogen-bond acceptors (Lipinski definition) is 4. The van der Waals surface area contributed by atoms with Crippen LogP contribution in [0.25, 0.3) is 5.69 Å². The number of hydrogen-bond donors (Lipinski definition) is 0. The van der Waals surface area contributed by atoms with E-state index in [1.807, 2.05) is 63.9 Å². The molecule has 4 rings (SSSR count). The lowest BCUT2D eigenvalue weighted by Crippen LogP contribution is -2.51. The van der Waals surface area contributed by atoms with Gasteiger partial charge in [-0.3, -0.25) is 14.6 Å². The van der Waals surface area contributed by atoms with E-state index in [9.17, 15) is 9.59 Å². The van der Waals surface area contributed by atoms with E-state index in [4.69, 9.17) is 0 Å². The van der Waals surface area contributed by atoms with Crippen LogP contribution in [-0.4, -0.2) is 62.6 Å². The molecular formula is C25H29N5O2. The zero-order chi connectivity index (χ0) is 22.7. The van der Waals surface area contributed by atoms with Gasteiger partial charge in [0.1, 0.15) is 0 Å². The SMILES string of the molecule is Cc1ccc(-n2ncc(C(=O)N3CCN(C(=O)Cc4ccccn4)CC3)c2C(C)C)cc1. The minimum absolute atomic E-state index is 0.0242. The van der Waals surface area contributed by atoms with Gasteiger partial charge in [0, 0.05) is 38.1 Å². The largest absolute Gasteiger partial charge is 0.339 e. The maximum Gasteiger partial charge on any atom is 0.257 e. The van der Waals surface area contributed by atoms with E-state index in [-0.39, 0.29) is 24.2 Å². The molecule has 0 atom stereocenters. The third-order valence-corrected chi connectivity index (χ3v) is 5.84. The van der Waals surface area contributed by atoms with Gasteiger partial charge in [-0.05, 0) is 37.1 Å². The van der Waals surface area contributed by atoms with Crippen molar-refractivity contribution < 1.29 is 9.59 Å². The number of aryl methyl sites for hydroxylation is 1. The van der Waals surface area contributed by atoms with Gasteiger partial charge in [-0.15, -0.1) is 0 Å². The Kier molecular flexibility index (Phi) is 6.35. The summed E-state index contributed by atoms with van der Waals surface area (Å²) < 4.78 is 1.87. The summed E-state index contributed by atoms with van der Waals surface area (Å²) in [7, 11) is 0. The van der Waals surface area contributed by atoms with Crippen molar-refractivity contribution in [2.24, 2.45) is 0 Å². The molecule has 2 amide bonds. The maximum atomic E-state index is 13.4. The molecule has 32 heavy (non-hydrogen) atoms. The Bertz CT molecular complexity index is 1080. The number of pyridine rings is 1. The number of carbonyl (C=O) groups excluding carboxylic acids is 2. The molecule has 3 heterocycles. The molecule has 0 radical (unpaired) electrons. The fraction of sp³-hybridized carbons (Fsp3) is 0.360. The van der Waals surface area contributed by atoms with Gasteiger partial charge in [0.2, 0.25) is 5.91 Å². The average molecular weight is 432 g/mol. The highest BCUT2D eigenvalue weighted by atomic mass is 16.2. The summed E-state index contributed by atoms with van der Waals surface area (Å²) in [5, 5.41) is 4.54. The summed E-state index contributed by atoms with van der Waals surface area (Å²) in [6.07, 6.45) is 3.66. The highest BCUT2D eigenvalue weighted by Gasteiger charge is 2.29. The Morgan fingerprint density at radius 1 is 0.969 bits per heavy atom. The second-order valence-corrected chi connectivity index (χ2v) is 8.52. The summed E-state index contributed by atoms with van der Waals surface area (Å²) in [6, 6.07) is 13.7. The predicted octanol–water partition coefficient (Wildman–Crippen LogP) is 3.23. The Morgan fingerprint density at radius 3 is 2.28 bits per heavy atom. The fourth-order valence-corrected chi connectivity index (χ4v) is 4.07. The standard InChI is InChI=1S/C25H29N5O2/c1-18(2)24-22(17-27-30(24)21-9-7-19(3)8-10-21)25(32)29-14-12-28(13-15-29)23(31)16-20-6-4-5-11-26-20/h4-11,17-18H,12-16H2,1-3H3. The first kappa shape index (κ1) is 21.7. The van der Waals surface area contributed by atoms with Crippen molar-refractivity contribution >= 4 is 11.8 Å². The Labute approximate surface area is 188 Å². The molecule has 1 saturated heterocycles. The van der Waals surface area contributed by atoms with Gasteiger partial charge in [0.05, 0.1) is 29.6 Å². The molecule has 1 fully saturated rings. The molecule has 7 nitrogen and oxygen atoms in total. The van der Waals surface area contributed by atoms with Gasteiger partial charge in [0.15, 0.2) is 0 Å². The smallest absolute Gasteiger partial charge is 0.257 e. The van der Waals surface area contributed by atoms with Crippen molar-refractivity contribution in [1.82, 2.24) is 24.6 Å². The summed E-state index contributed by atoms with van der Waals surface area (Å²) >= 11 is 0. The normalized spacial score (nSPS) is 14.1. The van der Waals surface area contributed by atoms with E-state index in [1.54, 1.807) is 12.4 Å². The number of rotatable bonds is 5. The molecule has 7 heteroatoms. The molecule has 0 aliphatic carbocycles. The van der Waals surface area contributed by atoms with Gasteiger partial charge in [-0.1, -0.05) is 37.6 Å². The predicted molar refractivity (Wildman–Crippen MR) is 123 cm³/mol. The number of nitrogens with zero attached hydrogens (tertiary/aromatic N) is 5. The molecule has 2 aromatic heterocycles. The zero-order valence-electron chi connectivity index (χ0n) is 18.9. The number of amides is 2. The van der Waals surface area contributed by atoms with Crippen LogP contribution in [0.2, 0.25) is 0 Å². The summed E-state index contributed by atoms with van der Waals surface area (Å²) in [5.74, 6) is 0.161. The van der Waals surface area contributed by atoms with Crippen LogP contribution < -0.4 is 0 Å². The Balaban J connectivity index is 1.45. The molecule has 1 aromatic carbocycles. The van der Waals surface area contributed by atoms with Crippen LogP contribution in [-0.2, 0) is 11.2 Å². The van der Waals surface area contributed by atoms with Crippen molar-refractivity contribution in [3.05, 3.63) is 77.4 Å². The first-order valence-electron chi connectivity index (χ1n) is 11.1. The van der Waals surface area contributed by atoms with Crippen molar-refractivity contribution in [1.29, 1.82) is 0 Å². The molecular weight excluding hydrogens is 402 g/mol. The highest BCUT2D eigenvalue weighted by Crippen LogP contribution is 2.25. The van der Waals surface area contributed by atoms with Crippen LogP contribution in [0.15, 0.2) is 54.9 Å². The van der Waals surface area contributed by atoms with Crippen molar-refractivity contribution in [3.63, 3.8) is 0 Å². The fourth-order valence-electron chi connectivity index (χ4n) is 4.07. The number of piperazine rings is 1. The van der Waals surface area contributed by atoms with Crippen LogP contribution in [0.4, 0.5) is 0 Å². The zero-order valence-corrected chi connectivity index (χ0v) is 18.9. The van der Waals surface area contributed by atoms with Crippen molar-refractivity contribution in [2.45, 2.75) is 33.1 Å². The van der Waals surface area contributed by atoms with Crippen molar-refractivity contribution in [3.8, 4) is 5.69 Å². The van der Waals surface area contributed by atoms with E-state index < -0.39 is 0 Å². The summed E-state index contributed by atoms with van der Waals surface area (Å²) in [5.41, 5.74) is 4.43. The molecule has 0 N–H and O–H groups in total. The topological polar surface area (TPSA) is 71.3 Å². The van der Waals surface area contributed by atoms with Crippen LogP contribution in [0.3, 0.4) is 0 Å². The van der Waals surface area contributed by atoms with E-state index in [0.717, 1.165) is 17.1 Å². The summed E-state index contributed by atoms with van der Waals surface area (Å²) in [6.45, 7) is 8.28. The third kappa shape index (κ3) is 4.56. The highest BCUT2D eigenvalue weighted by molar-refractivity contribution is 5.95. The quantitative estimate of drug-likeness (QED) is 0.622. The van der Waals surface area contributed by atoms with Gasteiger partial charge in [-0.2, -0.15) is 5.10 Å². The van der Waals surface area contributed by atoms with Crippen LogP contribution in [0.1, 0.15) is 47.1 Å². The lowest BCUT2D eigenvalue weighted by molar-refractivity contribution is -0.132. The van der Waals surface area contributed by atoms with E-state index in [1.165, 1.54) is 5.56 Å².